The Morgan fingerprint density at radius 1 is 1.35 bits per heavy atom. The first-order chi connectivity index (χ1) is 9.38. The monoisotopic (exact) mass is 315 g/mol. The van der Waals surface area contributed by atoms with Crippen LogP contribution in [0.25, 0.3) is 6.08 Å². The molecule has 1 aromatic rings. The standard InChI is InChI=1S/C14H15Cl2NO3/c1-9(2)20-14(19)8-17-13(18)6-3-10-7-11(15)4-5-12(10)16/h3-7,9H,8H2,1-2H3,(H,17,18)/b6-3+. The van der Waals surface area contributed by atoms with E-state index in [1.165, 1.54) is 12.2 Å². The lowest BCUT2D eigenvalue weighted by atomic mass is 10.2. The number of carbonyl (C=O) groups is 2. The minimum Gasteiger partial charge on any atom is -0.462 e. The molecular weight excluding hydrogens is 301 g/mol. The minimum absolute atomic E-state index is 0.176. The smallest absolute Gasteiger partial charge is 0.325 e. The number of carbonyl (C=O) groups excluding carboxylic acids is 2. The highest BCUT2D eigenvalue weighted by Crippen LogP contribution is 2.21. The van der Waals surface area contributed by atoms with E-state index < -0.39 is 11.9 Å². The third-order valence-corrected chi connectivity index (χ3v) is 2.73. The highest BCUT2D eigenvalue weighted by molar-refractivity contribution is 6.34. The fraction of sp³-hybridized carbons (Fsp3) is 0.286. The van der Waals surface area contributed by atoms with Gasteiger partial charge in [-0.2, -0.15) is 0 Å². The van der Waals surface area contributed by atoms with Crippen LogP contribution in [0.4, 0.5) is 0 Å². The number of hydrogen-bond donors (Lipinski definition) is 1. The molecule has 1 N–H and O–H groups in total. The van der Waals surface area contributed by atoms with Crippen molar-refractivity contribution in [2.24, 2.45) is 0 Å². The lowest BCUT2D eigenvalue weighted by molar-refractivity contribution is -0.147. The number of benzene rings is 1. The fourth-order valence-corrected chi connectivity index (χ4v) is 1.69. The average molecular weight is 316 g/mol. The molecule has 0 aliphatic rings. The molecule has 1 rings (SSSR count). The molecule has 6 heteroatoms. The van der Waals surface area contributed by atoms with Gasteiger partial charge in [0.15, 0.2) is 0 Å². The molecule has 0 saturated carbocycles. The third-order valence-electron chi connectivity index (χ3n) is 2.15. The summed E-state index contributed by atoms with van der Waals surface area (Å²) < 4.78 is 4.88. The van der Waals surface area contributed by atoms with E-state index in [0.29, 0.717) is 15.6 Å². The molecular formula is C14H15Cl2NO3. The molecule has 0 saturated heterocycles. The van der Waals surface area contributed by atoms with Gasteiger partial charge in [-0.3, -0.25) is 9.59 Å². The summed E-state index contributed by atoms with van der Waals surface area (Å²) in [6.07, 6.45) is 2.59. The first-order valence-electron chi connectivity index (χ1n) is 5.99. The van der Waals surface area contributed by atoms with Crippen LogP contribution in [0.1, 0.15) is 19.4 Å². The average Bonchev–Trinajstić information content (AvgIpc) is 2.36. The fourth-order valence-electron chi connectivity index (χ4n) is 1.33. The van der Waals surface area contributed by atoms with Crippen LogP contribution in [0.5, 0.6) is 0 Å². The summed E-state index contributed by atoms with van der Waals surface area (Å²) in [4.78, 5) is 22.8. The Morgan fingerprint density at radius 2 is 2.05 bits per heavy atom. The number of halogens is 2. The van der Waals surface area contributed by atoms with Gasteiger partial charge in [-0.25, -0.2) is 0 Å². The van der Waals surface area contributed by atoms with Crippen LogP contribution in [0.3, 0.4) is 0 Å². The summed E-state index contributed by atoms with van der Waals surface area (Å²) in [6, 6.07) is 4.94. The maximum Gasteiger partial charge on any atom is 0.325 e. The first-order valence-corrected chi connectivity index (χ1v) is 6.74. The second-order valence-electron chi connectivity index (χ2n) is 4.26. The topological polar surface area (TPSA) is 55.4 Å². The Morgan fingerprint density at radius 3 is 2.70 bits per heavy atom. The van der Waals surface area contributed by atoms with Crippen LogP contribution in [-0.4, -0.2) is 24.5 Å². The van der Waals surface area contributed by atoms with Gasteiger partial charge in [0, 0.05) is 16.1 Å². The zero-order valence-corrected chi connectivity index (χ0v) is 12.7. The van der Waals surface area contributed by atoms with Crippen molar-refractivity contribution in [1.29, 1.82) is 0 Å². The van der Waals surface area contributed by atoms with Gasteiger partial charge in [0.25, 0.3) is 0 Å². The predicted molar refractivity (Wildman–Crippen MR) is 79.7 cm³/mol. The first kappa shape index (κ1) is 16.5. The molecule has 0 heterocycles. The maximum absolute atomic E-state index is 11.5. The van der Waals surface area contributed by atoms with Crippen molar-refractivity contribution >= 4 is 41.2 Å². The lowest BCUT2D eigenvalue weighted by Crippen LogP contribution is -2.30. The number of hydrogen-bond acceptors (Lipinski definition) is 3. The zero-order valence-electron chi connectivity index (χ0n) is 11.2. The van der Waals surface area contributed by atoms with Gasteiger partial charge < -0.3 is 10.1 Å². The third kappa shape index (κ3) is 6.08. The molecule has 0 unspecified atom stereocenters. The molecule has 0 spiro atoms. The number of ether oxygens (including phenoxy) is 1. The Hall–Kier alpha value is -1.52. The van der Waals surface area contributed by atoms with Crippen LogP contribution in [0, 0.1) is 0 Å². The molecule has 20 heavy (non-hydrogen) atoms. The van der Waals surface area contributed by atoms with Crippen molar-refractivity contribution < 1.29 is 14.3 Å². The van der Waals surface area contributed by atoms with E-state index in [9.17, 15) is 9.59 Å². The van der Waals surface area contributed by atoms with Gasteiger partial charge in [-0.05, 0) is 43.7 Å². The van der Waals surface area contributed by atoms with Crippen molar-refractivity contribution in [3.63, 3.8) is 0 Å². The van der Waals surface area contributed by atoms with Gasteiger partial charge in [0.1, 0.15) is 6.54 Å². The molecule has 4 nitrogen and oxygen atoms in total. The molecule has 0 aliphatic carbocycles. The lowest BCUT2D eigenvalue weighted by Gasteiger charge is -2.07. The molecule has 0 radical (unpaired) electrons. The van der Waals surface area contributed by atoms with Gasteiger partial charge in [0.05, 0.1) is 6.10 Å². The van der Waals surface area contributed by atoms with Crippen molar-refractivity contribution in [2.75, 3.05) is 6.54 Å². The molecule has 0 fully saturated rings. The van der Waals surface area contributed by atoms with Crippen molar-refractivity contribution in [2.45, 2.75) is 20.0 Å². The number of esters is 1. The van der Waals surface area contributed by atoms with E-state index in [1.807, 2.05) is 0 Å². The minimum atomic E-state index is -0.484. The summed E-state index contributed by atoms with van der Waals surface area (Å²) in [6.45, 7) is 3.30. The van der Waals surface area contributed by atoms with Crippen molar-refractivity contribution in [3.05, 3.63) is 39.9 Å². The Kier molecular flexibility index (Phi) is 6.55. The molecule has 0 atom stereocenters. The normalized spacial score (nSPS) is 10.8. The Labute approximate surface area is 127 Å². The van der Waals surface area contributed by atoms with Crippen LogP contribution < -0.4 is 5.32 Å². The number of nitrogens with one attached hydrogen (secondary N) is 1. The summed E-state index contributed by atoms with van der Waals surface area (Å²) in [5.41, 5.74) is 0.624. The van der Waals surface area contributed by atoms with Gasteiger partial charge in [-0.1, -0.05) is 23.2 Å². The van der Waals surface area contributed by atoms with Crippen molar-refractivity contribution in [1.82, 2.24) is 5.32 Å². The maximum atomic E-state index is 11.5. The summed E-state index contributed by atoms with van der Waals surface area (Å²) in [5, 5.41) is 3.42. The SMILES string of the molecule is CC(C)OC(=O)CNC(=O)/C=C/c1cc(Cl)ccc1Cl. The van der Waals surface area contributed by atoms with Crippen LogP contribution in [0.15, 0.2) is 24.3 Å². The van der Waals surface area contributed by atoms with Gasteiger partial charge >= 0.3 is 5.97 Å². The van der Waals surface area contributed by atoms with Gasteiger partial charge in [-0.15, -0.1) is 0 Å². The Bertz CT molecular complexity index is 527. The van der Waals surface area contributed by atoms with Crippen LogP contribution >= 0.6 is 23.2 Å². The van der Waals surface area contributed by atoms with Crippen molar-refractivity contribution in [3.8, 4) is 0 Å². The molecule has 0 bridgehead atoms. The summed E-state index contributed by atoms with van der Waals surface area (Å²) in [5.74, 6) is -0.899. The van der Waals surface area contributed by atoms with Crippen LogP contribution in [-0.2, 0) is 14.3 Å². The highest BCUT2D eigenvalue weighted by Gasteiger charge is 2.06. The van der Waals surface area contributed by atoms with E-state index in [2.05, 4.69) is 5.32 Å². The second-order valence-corrected chi connectivity index (χ2v) is 5.10. The molecule has 0 aliphatic heterocycles. The van der Waals surface area contributed by atoms with Crippen LogP contribution in [0.2, 0.25) is 10.0 Å². The van der Waals surface area contributed by atoms with E-state index in [0.717, 1.165) is 0 Å². The van der Waals surface area contributed by atoms with Gasteiger partial charge in [0.2, 0.25) is 5.91 Å². The summed E-state index contributed by atoms with van der Waals surface area (Å²) >= 11 is 11.8. The number of amides is 1. The predicted octanol–water partition coefficient (Wildman–Crippen LogP) is 3.07. The quantitative estimate of drug-likeness (QED) is 0.671. The molecule has 0 aromatic heterocycles. The summed E-state index contributed by atoms with van der Waals surface area (Å²) in [7, 11) is 0. The molecule has 1 aromatic carbocycles. The second kappa shape index (κ2) is 7.92. The zero-order chi connectivity index (χ0) is 15.1. The van der Waals surface area contributed by atoms with E-state index in [1.54, 1.807) is 32.0 Å². The van der Waals surface area contributed by atoms with E-state index in [4.69, 9.17) is 27.9 Å². The number of rotatable bonds is 5. The van der Waals surface area contributed by atoms with E-state index >= 15 is 0 Å². The Balaban J connectivity index is 2.51. The largest absolute Gasteiger partial charge is 0.462 e. The van der Waals surface area contributed by atoms with E-state index in [-0.39, 0.29) is 12.6 Å². The highest BCUT2D eigenvalue weighted by atomic mass is 35.5. The molecule has 108 valence electrons. The molecule has 1 amide bonds.